The lowest BCUT2D eigenvalue weighted by atomic mass is 10.1. The minimum absolute atomic E-state index is 0.0947. The summed E-state index contributed by atoms with van der Waals surface area (Å²) in [6.07, 6.45) is -4.72. The van der Waals surface area contributed by atoms with Gasteiger partial charge in [-0.15, -0.1) is 0 Å². The molecular weight excluding hydrogens is 399 g/mol. The van der Waals surface area contributed by atoms with E-state index in [1.165, 1.54) is 6.07 Å². The van der Waals surface area contributed by atoms with Crippen molar-refractivity contribution in [3.05, 3.63) is 64.0 Å². The molecule has 0 radical (unpaired) electrons. The molecule has 4 rings (SSSR count). The molecule has 0 aliphatic carbocycles. The number of carbonyl (C=O) groups is 1. The normalized spacial score (nSPS) is 15.0. The fraction of sp³-hybridized carbons (Fsp3) is 0.111. The molecule has 0 atom stereocenters. The van der Waals surface area contributed by atoms with Crippen LogP contribution < -0.4 is 0 Å². The van der Waals surface area contributed by atoms with E-state index >= 15 is 0 Å². The van der Waals surface area contributed by atoms with E-state index in [-0.39, 0.29) is 22.3 Å². The van der Waals surface area contributed by atoms with E-state index < -0.39 is 18.0 Å². The van der Waals surface area contributed by atoms with E-state index in [0.717, 1.165) is 0 Å². The average molecular weight is 408 g/mol. The number of aliphatic imine (C=N–C) groups is 1. The molecule has 1 aliphatic heterocycles. The van der Waals surface area contributed by atoms with Gasteiger partial charge in [-0.3, -0.25) is 0 Å². The summed E-state index contributed by atoms with van der Waals surface area (Å²) in [7, 11) is 0. The Labute approximate surface area is 160 Å². The Hall–Kier alpha value is -3.20. The number of hydrogen-bond acceptors (Lipinski definition) is 6. The highest BCUT2D eigenvalue weighted by atomic mass is 35.5. The fourth-order valence-corrected chi connectivity index (χ4v) is 2.92. The van der Waals surface area contributed by atoms with Crippen LogP contribution in [-0.2, 0) is 10.9 Å². The monoisotopic (exact) mass is 407 g/mol. The third-order valence-corrected chi connectivity index (χ3v) is 4.30. The summed E-state index contributed by atoms with van der Waals surface area (Å²) in [6.45, 7) is 1.70. The number of fused-ring (bicyclic) bond motifs is 1. The zero-order valence-corrected chi connectivity index (χ0v) is 14.8. The number of esters is 1. The highest BCUT2D eigenvalue weighted by Crippen LogP contribution is 2.32. The predicted molar refractivity (Wildman–Crippen MR) is 92.5 cm³/mol. The van der Waals surface area contributed by atoms with Crippen molar-refractivity contribution in [1.29, 1.82) is 0 Å². The summed E-state index contributed by atoms with van der Waals surface area (Å²) in [5, 5.41) is 3.61. The van der Waals surface area contributed by atoms with Crippen LogP contribution in [0.1, 0.15) is 27.4 Å². The molecule has 2 aromatic carbocycles. The van der Waals surface area contributed by atoms with Crippen LogP contribution in [0.3, 0.4) is 0 Å². The number of halogens is 4. The van der Waals surface area contributed by atoms with Crippen molar-refractivity contribution in [2.45, 2.75) is 13.1 Å². The van der Waals surface area contributed by atoms with Gasteiger partial charge in [0.15, 0.2) is 0 Å². The molecular formula is C18H9ClF3N3O3. The van der Waals surface area contributed by atoms with Crippen molar-refractivity contribution in [3.8, 4) is 11.4 Å². The molecule has 1 aliphatic rings. The molecule has 28 heavy (non-hydrogen) atoms. The Morgan fingerprint density at radius 3 is 2.64 bits per heavy atom. The average Bonchev–Trinajstić information content (AvgIpc) is 3.23. The summed E-state index contributed by atoms with van der Waals surface area (Å²) in [5.41, 5.74) is 2.10. The van der Waals surface area contributed by atoms with Gasteiger partial charge in [-0.1, -0.05) is 22.8 Å². The summed E-state index contributed by atoms with van der Waals surface area (Å²) < 4.78 is 47.2. The molecule has 0 fully saturated rings. The van der Waals surface area contributed by atoms with E-state index in [9.17, 15) is 18.0 Å². The number of carbonyl (C=O) groups excluding carboxylic acids is 1. The lowest BCUT2D eigenvalue weighted by molar-refractivity contribution is -0.159. The zero-order valence-electron chi connectivity index (χ0n) is 14.0. The Morgan fingerprint density at radius 2 is 1.96 bits per heavy atom. The number of nitrogens with zero attached hydrogens (tertiary/aromatic N) is 3. The van der Waals surface area contributed by atoms with Crippen molar-refractivity contribution < 1.29 is 27.2 Å². The van der Waals surface area contributed by atoms with Gasteiger partial charge >= 0.3 is 18.0 Å². The molecule has 0 bridgehead atoms. The fourth-order valence-electron chi connectivity index (χ4n) is 2.67. The molecule has 0 N–H and O–H groups in total. The van der Waals surface area contributed by atoms with Crippen molar-refractivity contribution in [2.24, 2.45) is 4.99 Å². The first kappa shape index (κ1) is 18.2. The Bertz CT molecular complexity index is 1140. The molecule has 2 heterocycles. The first-order chi connectivity index (χ1) is 13.2. The van der Waals surface area contributed by atoms with Crippen molar-refractivity contribution in [3.63, 3.8) is 0 Å². The highest BCUT2D eigenvalue weighted by molar-refractivity contribution is 6.36. The molecule has 0 spiro atoms. The van der Waals surface area contributed by atoms with Gasteiger partial charge in [0.05, 0.1) is 21.8 Å². The van der Waals surface area contributed by atoms with Crippen LogP contribution in [0.25, 0.3) is 11.4 Å². The van der Waals surface area contributed by atoms with Gasteiger partial charge in [-0.05, 0) is 42.8 Å². The number of alkyl halides is 3. The van der Waals surface area contributed by atoms with Gasteiger partial charge in [0.2, 0.25) is 11.7 Å². The van der Waals surface area contributed by atoms with Gasteiger partial charge in [-0.2, -0.15) is 18.2 Å². The van der Waals surface area contributed by atoms with Crippen molar-refractivity contribution in [1.82, 2.24) is 10.1 Å². The van der Waals surface area contributed by atoms with Gasteiger partial charge in [0, 0.05) is 5.56 Å². The Morgan fingerprint density at radius 1 is 1.18 bits per heavy atom. The first-order valence-corrected chi connectivity index (χ1v) is 8.23. The topological polar surface area (TPSA) is 77.6 Å². The third-order valence-electron chi connectivity index (χ3n) is 3.98. The second kappa shape index (κ2) is 6.45. The van der Waals surface area contributed by atoms with Crippen LogP contribution in [0.5, 0.6) is 0 Å². The molecule has 10 heteroatoms. The quantitative estimate of drug-likeness (QED) is 0.561. The van der Waals surface area contributed by atoms with Gasteiger partial charge < -0.3 is 9.26 Å². The summed E-state index contributed by atoms with van der Waals surface area (Å²) in [5.74, 6) is -2.12. The van der Waals surface area contributed by atoms with Crippen LogP contribution in [0, 0.1) is 6.92 Å². The largest absolute Gasteiger partial charge is 0.471 e. The molecule has 0 saturated heterocycles. The third kappa shape index (κ3) is 3.13. The van der Waals surface area contributed by atoms with Crippen LogP contribution in [-0.4, -0.2) is 22.0 Å². The highest BCUT2D eigenvalue weighted by Gasteiger charge is 2.38. The molecule has 0 saturated carbocycles. The van der Waals surface area contributed by atoms with Crippen LogP contribution in [0.15, 0.2) is 45.9 Å². The number of aromatic nitrogens is 2. The zero-order chi connectivity index (χ0) is 20.1. The van der Waals surface area contributed by atoms with E-state index in [4.69, 9.17) is 16.3 Å². The molecule has 0 amide bonds. The standard InChI is InChI=1S/C18H9ClF3N3O3/c1-8-7-9(14-24-17(28-25-14)18(20,21)22)5-6-12(8)23-15-10-3-2-4-11(19)13(10)16(26)27-15/h2-7H,1H3. The maximum atomic E-state index is 12.6. The molecule has 0 unspecified atom stereocenters. The minimum Gasteiger partial charge on any atom is -0.403 e. The van der Waals surface area contributed by atoms with Crippen LogP contribution in [0.4, 0.5) is 18.9 Å². The van der Waals surface area contributed by atoms with E-state index in [1.807, 2.05) is 0 Å². The lowest BCUT2D eigenvalue weighted by Crippen LogP contribution is -2.04. The predicted octanol–water partition coefficient (Wildman–Crippen LogP) is 4.97. The minimum atomic E-state index is -4.72. The van der Waals surface area contributed by atoms with Gasteiger partial charge in [0.25, 0.3) is 0 Å². The lowest BCUT2D eigenvalue weighted by Gasteiger charge is -2.04. The number of hydrogen-bond donors (Lipinski definition) is 0. The summed E-state index contributed by atoms with van der Waals surface area (Å²) in [4.78, 5) is 19.7. The SMILES string of the molecule is Cc1cc(-c2noc(C(F)(F)F)n2)ccc1N=C1OC(=O)c2c(Cl)cccc21. The van der Waals surface area contributed by atoms with Crippen molar-refractivity contribution in [2.75, 3.05) is 0 Å². The summed E-state index contributed by atoms with van der Waals surface area (Å²) >= 11 is 6.03. The number of ether oxygens (including phenoxy) is 1. The number of aryl methyl sites for hydroxylation is 1. The summed E-state index contributed by atoms with van der Waals surface area (Å²) in [6, 6.07) is 9.51. The first-order valence-electron chi connectivity index (χ1n) is 7.86. The van der Waals surface area contributed by atoms with E-state index in [1.54, 1.807) is 37.3 Å². The number of benzene rings is 2. The second-order valence-corrected chi connectivity index (χ2v) is 6.30. The number of cyclic esters (lactones) is 1. The maximum absolute atomic E-state index is 12.6. The van der Waals surface area contributed by atoms with Crippen molar-refractivity contribution >= 4 is 29.2 Å². The maximum Gasteiger partial charge on any atom is 0.471 e. The molecule has 1 aromatic heterocycles. The second-order valence-electron chi connectivity index (χ2n) is 5.89. The van der Waals surface area contributed by atoms with Crippen LogP contribution in [0.2, 0.25) is 5.02 Å². The van der Waals surface area contributed by atoms with E-state index in [2.05, 4.69) is 19.7 Å². The molecule has 6 nitrogen and oxygen atoms in total. The number of rotatable bonds is 2. The Kier molecular flexibility index (Phi) is 4.19. The Balaban J connectivity index is 1.69. The molecule has 142 valence electrons. The van der Waals surface area contributed by atoms with E-state index in [0.29, 0.717) is 22.4 Å². The smallest absolute Gasteiger partial charge is 0.403 e. The van der Waals surface area contributed by atoms with Crippen LogP contribution >= 0.6 is 11.6 Å². The van der Waals surface area contributed by atoms with Gasteiger partial charge in [0.1, 0.15) is 0 Å². The van der Waals surface area contributed by atoms with Gasteiger partial charge in [-0.25, -0.2) is 9.79 Å². The molecule has 3 aromatic rings.